The molecule has 2 rings (SSSR count). The number of carbonyl (C=O) groups excluding carboxylic acids is 1. The van der Waals surface area contributed by atoms with Crippen LogP contribution < -0.4 is 5.73 Å². The van der Waals surface area contributed by atoms with Crippen LogP contribution in [0.3, 0.4) is 0 Å². The summed E-state index contributed by atoms with van der Waals surface area (Å²) in [4.78, 5) is 12.2. The molecule has 110 valence electrons. The van der Waals surface area contributed by atoms with Crippen LogP contribution in [0.5, 0.6) is 0 Å². The van der Waals surface area contributed by atoms with Crippen LogP contribution in [-0.2, 0) is 5.54 Å². The lowest BCUT2D eigenvalue weighted by molar-refractivity contribution is 0.104. The van der Waals surface area contributed by atoms with Crippen molar-refractivity contribution in [3.63, 3.8) is 0 Å². The number of rotatable bonds is 5. The Morgan fingerprint density at radius 1 is 1.19 bits per heavy atom. The number of carbonyl (C=O) groups is 1. The molecule has 1 saturated carbocycles. The average Bonchev–Trinajstić information content (AvgIpc) is 2.45. The molecule has 0 unspecified atom stereocenters. The van der Waals surface area contributed by atoms with E-state index in [2.05, 4.69) is 0 Å². The molecule has 21 heavy (non-hydrogen) atoms. The maximum absolute atomic E-state index is 12.2. The molecule has 0 bridgehead atoms. The minimum Gasteiger partial charge on any atom is -0.321 e. The number of benzene rings is 1. The lowest BCUT2D eigenvalue weighted by Crippen LogP contribution is -2.43. The van der Waals surface area contributed by atoms with Crippen LogP contribution in [-0.4, -0.2) is 5.78 Å². The number of nitrogens with two attached hydrogens (primary N) is 1. The van der Waals surface area contributed by atoms with Gasteiger partial charge in [-0.25, -0.2) is 0 Å². The molecule has 2 N–H and O–H groups in total. The third kappa shape index (κ3) is 3.79. The maximum Gasteiger partial charge on any atom is 0.186 e. The molecular formula is C19H23NO. The summed E-state index contributed by atoms with van der Waals surface area (Å²) < 4.78 is 0. The van der Waals surface area contributed by atoms with Gasteiger partial charge in [0.15, 0.2) is 5.78 Å². The van der Waals surface area contributed by atoms with E-state index in [1.54, 1.807) is 6.08 Å². The Kier molecular flexibility index (Phi) is 4.92. The summed E-state index contributed by atoms with van der Waals surface area (Å²) in [6, 6.07) is 7.74. The van der Waals surface area contributed by atoms with Gasteiger partial charge < -0.3 is 5.73 Å². The molecule has 1 fully saturated rings. The van der Waals surface area contributed by atoms with E-state index in [0.29, 0.717) is 5.56 Å². The van der Waals surface area contributed by atoms with E-state index in [1.165, 1.54) is 6.42 Å². The third-order valence-electron chi connectivity index (χ3n) is 4.01. The van der Waals surface area contributed by atoms with Gasteiger partial charge in [0.25, 0.3) is 0 Å². The predicted octanol–water partition coefficient (Wildman–Crippen LogP) is 4.29. The van der Waals surface area contributed by atoms with Crippen LogP contribution in [0.25, 0.3) is 0 Å². The Morgan fingerprint density at radius 3 is 2.38 bits per heavy atom. The Hall–Kier alpha value is -1.93. The molecule has 1 aromatic rings. The SMILES string of the molecule is CC=C/C=C\C(C)=C/C(=O)c1ccc(C2(N)CCC2)cc1. The summed E-state index contributed by atoms with van der Waals surface area (Å²) in [6.07, 6.45) is 12.7. The van der Waals surface area contributed by atoms with E-state index in [0.717, 1.165) is 24.0 Å². The third-order valence-corrected chi connectivity index (χ3v) is 4.01. The lowest BCUT2D eigenvalue weighted by atomic mass is 9.72. The molecular weight excluding hydrogens is 258 g/mol. The Bertz CT molecular complexity index is 586. The standard InChI is InChI=1S/C19H23NO/c1-3-4-5-7-15(2)14-18(21)16-8-10-17(11-9-16)19(20)12-6-13-19/h3-5,7-11,14H,6,12-13,20H2,1-2H3/b4-3?,7-5-,15-14-. The smallest absolute Gasteiger partial charge is 0.186 e. The lowest BCUT2D eigenvalue weighted by Gasteiger charge is -2.38. The fraction of sp³-hybridized carbons (Fsp3) is 0.316. The number of hydrogen-bond donors (Lipinski definition) is 1. The van der Waals surface area contributed by atoms with Gasteiger partial charge in [0.05, 0.1) is 0 Å². The van der Waals surface area contributed by atoms with Crippen LogP contribution in [0.2, 0.25) is 0 Å². The normalized spacial score (nSPS) is 18.1. The molecule has 0 amide bonds. The first-order valence-electron chi connectivity index (χ1n) is 7.46. The van der Waals surface area contributed by atoms with Crippen molar-refractivity contribution in [3.8, 4) is 0 Å². The summed E-state index contributed by atoms with van der Waals surface area (Å²) in [5.74, 6) is 0.0314. The highest BCUT2D eigenvalue weighted by atomic mass is 16.1. The molecule has 0 atom stereocenters. The summed E-state index contributed by atoms with van der Waals surface area (Å²) in [5.41, 5.74) is 8.91. The highest BCUT2D eigenvalue weighted by Gasteiger charge is 2.34. The summed E-state index contributed by atoms with van der Waals surface area (Å²) in [5, 5.41) is 0. The van der Waals surface area contributed by atoms with Crippen molar-refractivity contribution in [2.45, 2.75) is 38.6 Å². The van der Waals surface area contributed by atoms with E-state index in [1.807, 2.05) is 62.4 Å². The molecule has 1 aromatic carbocycles. The molecule has 0 radical (unpaired) electrons. The van der Waals surface area contributed by atoms with Crippen molar-refractivity contribution in [2.24, 2.45) is 5.73 Å². The molecule has 0 aromatic heterocycles. The van der Waals surface area contributed by atoms with E-state index in [-0.39, 0.29) is 11.3 Å². The predicted molar refractivity (Wildman–Crippen MR) is 88.2 cm³/mol. The van der Waals surface area contributed by atoms with Gasteiger partial charge in [-0.1, -0.05) is 48.6 Å². The second-order valence-corrected chi connectivity index (χ2v) is 5.72. The van der Waals surface area contributed by atoms with E-state index in [4.69, 9.17) is 5.73 Å². The fourth-order valence-corrected chi connectivity index (χ4v) is 2.47. The van der Waals surface area contributed by atoms with Gasteiger partial charge in [0.1, 0.15) is 0 Å². The van der Waals surface area contributed by atoms with Crippen molar-refractivity contribution in [1.82, 2.24) is 0 Å². The molecule has 1 aliphatic rings. The second-order valence-electron chi connectivity index (χ2n) is 5.72. The first-order chi connectivity index (χ1) is 10.0. The Morgan fingerprint density at radius 2 is 1.86 bits per heavy atom. The van der Waals surface area contributed by atoms with Crippen LogP contribution >= 0.6 is 0 Å². The van der Waals surface area contributed by atoms with Gasteiger partial charge in [-0.15, -0.1) is 0 Å². The zero-order valence-electron chi connectivity index (χ0n) is 12.8. The minimum atomic E-state index is -0.164. The van der Waals surface area contributed by atoms with Crippen molar-refractivity contribution in [1.29, 1.82) is 0 Å². The molecule has 2 heteroatoms. The maximum atomic E-state index is 12.2. The second kappa shape index (κ2) is 6.68. The summed E-state index contributed by atoms with van der Waals surface area (Å²) in [7, 11) is 0. The largest absolute Gasteiger partial charge is 0.321 e. The molecule has 0 heterocycles. The Balaban J connectivity index is 2.08. The van der Waals surface area contributed by atoms with Crippen LogP contribution in [0.15, 0.2) is 60.2 Å². The topological polar surface area (TPSA) is 43.1 Å². The molecule has 2 nitrogen and oxygen atoms in total. The summed E-state index contributed by atoms with van der Waals surface area (Å²) >= 11 is 0. The van der Waals surface area contributed by atoms with E-state index < -0.39 is 0 Å². The van der Waals surface area contributed by atoms with E-state index >= 15 is 0 Å². The van der Waals surface area contributed by atoms with Crippen LogP contribution in [0.4, 0.5) is 0 Å². The van der Waals surface area contributed by atoms with Crippen molar-refractivity contribution < 1.29 is 4.79 Å². The van der Waals surface area contributed by atoms with Gasteiger partial charge in [0, 0.05) is 11.1 Å². The van der Waals surface area contributed by atoms with Gasteiger partial charge >= 0.3 is 0 Å². The Labute approximate surface area is 127 Å². The first kappa shape index (κ1) is 15.5. The molecule has 0 saturated heterocycles. The van der Waals surface area contributed by atoms with Crippen molar-refractivity contribution in [2.75, 3.05) is 0 Å². The van der Waals surface area contributed by atoms with Crippen LogP contribution in [0, 0.1) is 0 Å². The number of allylic oxidation sites excluding steroid dienone is 6. The van der Waals surface area contributed by atoms with Crippen LogP contribution in [0.1, 0.15) is 49.0 Å². The number of hydrogen-bond acceptors (Lipinski definition) is 2. The zero-order chi connectivity index (χ0) is 15.3. The minimum absolute atomic E-state index is 0.0314. The fourth-order valence-electron chi connectivity index (χ4n) is 2.47. The quantitative estimate of drug-likeness (QED) is 0.497. The van der Waals surface area contributed by atoms with Crippen molar-refractivity contribution >= 4 is 5.78 Å². The van der Waals surface area contributed by atoms with Gasteiger partial charge in [-0.3, -0.25) is 4.79 Å². The van der Waals surface area contributed by atoms with E-state index in [9.17, 15) is 4.79 Å². The monoisotopic (exact) mass is 281 g/mol. The van der Waals surface area contributed by atoms with Gasteiger partial charge in [-0.2, -0.15) is 0 Å². The highest BCUT2D eigenvalue weighted by Crippen LogP contribution is 2.38. The number of ketones is 1. The molecule has 0 spiro atoms. The average molecular weight is 281 g/mol. The molecule has 1 aliphatic carbocycles. The van der Waals surface area contributed by atoms with Gasteiger partial charge in [0.2, 0.25) is 0 Å². The first-order valence-corrected chi connectivity index (χ1v) is 7.46. The highest BCUT2D eigenvalue weighted by molar-refractivity contribution is 6.05. The van der Waals surface area contributed by atoms with Gasteiger partial charge in [-0.05, 0) is 50.3 Å². The van der Waals surface area contributed by atoms with Crippen molar-refractivity contribution in [3.05, 3.63) is 71.3 Å². The molecule has 0 aliphatic heterocycles. The zero-order valence-corrected chi connectivity index (χ0v) is 12.8. The summed E-state index contributed by atoms with van der Waals surface area (Å²) in [6.45, 7) is 3.89.